The van der Waals surface area contributed by atoms with E-state index in [0.717, 1.165) is 31.7 Å². The smallest absolute Gasteiger partial charge is 0.389 e. The number of anilines is 1. The molecule has 204 valence electrons. The minimum absolute atomic E-state index is 0.0378. The number of fused-ring (bicyclic) bond motifs is 1. The summed E-state index contributed by atoms with van der Waals surface area (Å²) in [5.74, 6) is -0.376. The van der Waals surface area contributed by atoms with Gasteiger partial charge in [0.25, 0.3) is 5.91 Å². The molecule has 1 spiro atoms. The van der Waals surface area contributed by atoms with Crippen LogP contribution in [0.4, 0.5) is 18.9 Å². The summed E-state index contributed by atoms with van der Waals surface area (Å²) in [5.41, 5.74) is -1.25. The quantitative estimate of drug-likeness (QED) is 0.335. The minimum atomic E-state index is -4.60. The molecule has 3 aromatic rings. The van der Waals surface area contributed by atoms with Gasteiger partial charge in [0.2, 0.25) is 0 Å². The number of benzene rings is 1. The number of aliphatic hydroxyl groups is 1. The first kappa shape index (κ1) is 27.0. The van der Waals surface area contributed by atoms with Gasteiger partial charge in [-0.05, 0) is 75.6 Å². The summed E-state index contributed by atoms with van der Waals surface area (Å²) in [5, 5.41) is 21.5. The zero-order chi connectivity index (χ0) is 27.5. The maximum atomic E-state index is 13.6. The second-order valence-electron chi connectivity index (χ2n) is 11.2. The molecule has 1 amide bonds. The van der Waals surface area contributed by atoms with Crippen LogP contribution in [-0.4, -0.2) is 43.5 Å². The number of rotatable bonds is 6. The number of alkyl halides is 3. The van der Waals surface area contributed by atoms with Gasteiger partial charge in [0.15, 0.2) is 5.15 Å². The number of carbonyl (C=O) groups is 1. The lowest BCUT2D eigenvalue weighted by Crippen LogP contribution is -2.45. The van der Waals surface area contributed by atoms with Gasteiger partial charge in [0, 0.05) is 34.4 Å². The molecule has 7 nitrogen and oxygen atoms in total. The molecule has 12 heteroatoms. The molecule has 5 rings (SSSR count). The van der Waals surface area contributed by atoms with Crippen molar-refractivity contribution in [1.29, 1.82) is 0 Å². The molecule has 2 atom stereocenters. The van der Waals surface area contributed by atoms with E-state index in [1.54, 1.807) is 19.9 Å². The van der Waals surface area contributed by atoms with Crippen LogP contribution in [-0.2, 0) is 12.7 Å². The fraction of sp³-hybridized carbons (Fsp3) is 0.500. The van der Waals surface area contributed by atoms with Gasteiger partial charge in [0.1, 0.15) is 5.69 Å². The van der Waals surface area contributed by atoms with Crippen molar-refractivity contribution in [2.24, 2.45) is 5.41 Å². The Balaban J connectivity index is 1.37. The van der Waals surface area contributed by atoms with E-state index < -0.39 is 17.5 Å². The van der Waals surface area contributed by atoms with Crippen molar-refractivity contribution in [3.63, 3.8) is 0 Å². The first-order valence-corrected chi connectivity index (χ1v) is 13.2. The lowest BCUT2D eigenvalue weighted by molar-refractivity contribution is -0.140. The third kappa shape index (κ3) is 6.02. The summed E-state index contributed by atoms with van der Waals surface area (Å²) in [6, 6.07) is 5.25. The van der Waals surface area contributed by atoms with Crippen LogP contribution in [0.15, 0.2) is 30.5 Å². The SMILES string of the molecule is CC(C)(O)Cn1cc(C(=O)N[C@H]2C[C@H](Nc3cc(C(F)(F)F)nc4ccc(Cl)cc34)CC3(CC3)C2)c(Cl)n1. The topological polar surface area (TPSA) is 92.1 Å². The van der Waals surface area contributed by atoms with Crippen LogP contribution >= 0.6 is 23.2 Å². The van der Waals surface area contributed by atoms with Crippen molar-refractivity contribution in [3.05, 3.63) is 51.9 Å². The third-order valence-electron chi connectivity index (χ3n) is 7.15. The number of amides is 1. The highest BCUT2D eigenvalue weighted by Crippen LogP contribution is 2.56. The van der Waals surface area contributed by atoms with Crippen LogP contribution in [0, 0.1) is 5.41 Å². The first-order valence-electron chi connectivity index (χ1n) is 12.4. The van der Waals surface area contributed by atoms with Gasteiger partial charge >= 0.3 is 6.18 Å². The largest absolute Gasteiger partial charge is 0.433 e. The van der Waals surface area contributed by atoms with Gasteiger partial charge in [-0.2, -0.15) is 18.3 Å². The highest BCUT2D eigenvalue weighted by atomic mass is 35.5. The number of hydrogen-bond acceptors (Lipinski definition) is 5. The van der Waals surface area contributed by atoms with Crippen LogP contribution < -0.4 is 10.6 Å². The second kappa shape index (κ2) is 9.57. The summed E-state index contributed by atoms with van der Waals surface area (Å²) in [6.45, 7) is 3.43. The molecular formula is C26H28Cl2F3N5O2. The molecule has 2 saturated carbocycles. The maximum absolute atomic E-state index is 13.6. The van der Waals surface area contributed by atoms with Crippen LogP contribution in [0.1, 0.15) is 62.0 Å². The normalized spacial score (nSPS) is 21.1. The summed E-state index contributed by atoms with van der Waals surface area (Å²) in [7, 11) is 0. The molecule has 38 heavy (non-hydrogen) atoms. The zero-order valence-electron chi connectivity index (χ0n) is 20.9. The summed E-state index contributed by atoms with van der Waals surface area (Å²) in [4.78, 5) is 16.9. The number of hydrogen-bond donors (Lipinski definition) is 3. The van der Waals surface area contributed by atoms with Gasteiger partial charge in [-0.25, -0.2) is 4.98 Å². The number of nitrogens with zero attached hydrogens (tertiary/aromatic N) is 3. The third-order valence-corrected chi connectivity index (χ3v) is 7.67. The zero-order valence-corrected chi connectivity index (χ0v) is 22.4. The van der Waals surface area contributed by atoms with Crippen LogP contribution in [0.5, 0.6) is 0 Å². The van der Waals surface area contributed by atoms with Crippen molar-refractivity contribution >= 4 is 45.7 Å². The van der Waals surface area contributed by atoms with Crippen molar-refractivity contribution < 1.29 is 23.1 Å². The molecule has 0 aliphatic heterocycles. The number of nitrogens with one attached hydrogen (secondary N) is 2. The molecule has 2 aliphatic carbocycles. The average molecular weight is 570 g/mol. The highest BCUT2D eigenvalue weighted by molar-refractivity contribution is 6.32. The van der Waals surface area contributed by atoms with E-state index in [1.807, 2.05) is 0 Å². The van der Waals surface area contributed by atoms with E-state index in [-0.39, 0.29) is 46.2 Å². The van der Waals surface area contributed by atoms with Crippen molar-refractivity contribution in [3.8, 4) is 0 Å². The molecule has 2 aromatic heterocycles. The molecular weight excluding hydrogens is 542 g/mol. The Morgan fingerprint density at radius 1 is 1.18 bits per heavy atom. The highest BCUT2D eigenvalue weighted by Gasteiger charge is 2.49. The number of aromatic nitrogens is 3. The fourth-order valence-corrected chi connectivity index (χ4v) is 5.82. The maximum Gasteiger partial charge on any atom is 0.433 e. The predicted molar refractivity (Wildman–Crippen MR) is 139 cm³/mol. The Morgan fingerprint density at radius 2 is 1.89 bits per heavy atom. The molecule has 0 bridgehead atoms. The molecule has 2 heterocycles. The van der Waals surface area contributed by atoms with Crippen molar-refractivity contribution in [2.45, 2.75) is 76.4 Å². The number of halogens is 5. The van der Waals surface area contributed by atoms with Gasteiger partial charge in [-0.3, -0.25) is 9.48 Å². The summed E-state index contributed by atoms with van der Waals surface area (Å²) >= 11 is 12.4. The second-order valence-corrected chi connectivity index (χ2v) is 12.0. The van der Waals surface area contributed by atoms with E-state index in [4.69, 9.17) is 23.2 Å². The van der Waals surface area contributed by atoms with Crippen molar-refractivity contribution in [2.75, 3.05) is 5.32 Å². The summed E-state index contributed by atoms with van der Waals surface area (Å²) < 4.78 is 42.2. The Labute approximate surface area is 227 Å². The molecule has 0 radical (unpaired) electrons. The van der Waals surface area contributed by atoms with E-state index in [1.165, 1.54) is 23.0 Å². The Kier molecular flexibility index (Phi) is 6.81. The molecule has 3 N–H and O–H groups in total. The van der Waals surface area contributed by atoms with Crippen LogP contribution in [0.3, 0.4) is 0 Å². The average Bonchev–Trinajstić information content (AvgIpc) is 3.41. The molecule has 1 aromatic carbocycles. The van der Waals surface area contributed by atoms with Gasteiger partial charge < -0.3 is 15.7 Å². The molecule has 2 aliphatic rings. The molecule has 2 fully saturated rings. The number of pyridine rings is 1. The Morgan fingerprint density at radius 3 is 2.55 bits per heavy atom. The lowest BCUT2D eigenvalue weighted by Gasteiger charge is -2.37. The fourth-order valence-electron chi connectivity index (χ4n) is 5.42. The van der Waals surface area contributed by atoms with E-state index >= 15 is 0 Å². The van der Waals surface area contributed by atoms with Crippen LogP contribution in [0.2, 0.25) is 10.2 Å². The standard InChI is InChI=1S/C26H28Cl2F3N5O2/c1-24(2,38)13-36-12-18(22(28)35-36)23(37)33-16-8-15(10-25(11-16)5-6-25)32-20-9-21(26(29,30)31)34-19-4-3-14(27)7-17(19)20/h3-4,7,9,12,15-16,38H,5-6,8,10-11,13H2,1-2H3,(H,32,34)(H,33,37)/t15-,16-/m0/s1. The number of carbonyl (C=O) groups excluding carboxylic acids is 1. The predicted octanol–water partition coefficient (Wildman–Crippen LogP) is 6.07. The van der Waals surface area contributed by atoms with Crippen LogP contribution in [0.25, 0.3) is 10.9 Å². The first-order chi connectivity index (χ1) is 17.7. The van der Waals surface area contributed by atoms with Gasteiger partial charge in [0.05, 0.1) is 23.2 Å². The minimum Gasteiger partial charge on any atom is -0.389 e. The monoisotopic (exact) mass is 569 g/mol. The Bertz CT molecular complexity index is 1380. The van der Waals surface area contributed by atoms with E-state index in [9.17, 15) is 23.1 Å². The lowest BCUT2D eigenvalue weighted by atomic mass is 9.79. The van der Waals surface area contributed by atoms with E-state index in [2.05, 4.69) is 20.7 Å². The summed E-state index contributed by atoms with van der Waals surface area (Å²) in [6.07, 6.45) is 0.997. The van der Waals surface area contributed by atoms with Gasteiger partial charge in [-0.15, -0.1) is 0 Å². The van der Waals surface area contributed by atoms with Crippen molar-refractivity contribution in [1.82, 2.24) is 20.1 Å². The van der Waals surface area contributed by atoms with E-state index in [0.29, 0.717) is 22.5 Å². The Hall–Kier alpha value is -2.56. The van der Waals surface area contributed by atoms with Gasteiger partial charge in [-0.1, -0.05) is 23.2 Å². The molecule has 0 unspecified atom stereocenters. The molecule has 0 saturated heterocycles.